The van der Waals surface area contributed by atoms with E-state index in [0.29, 0.717) is 0 Å². The first kappa shape index (κ1) is 12.1. The number of fused-ring (bicyclic) bond motifs is 1. The van der Waals surface area contributed by atoms with Crippen LogP contribution in [0.4, 0.5) is 0 Å². The van der Waals surface area contributed by atoms with Crippen LogP contribution < -0.4 is 0 Å². The van der Waals surface area contributed by atoms with Gasteiger partial charge in [-0.25, -0.2) is 0 Å². The fraction of sp³-hybridized carbons (Fsp3) is 0.429. The van der Waals surface area contributed by atoms with Gasteiger partial charge in [0.1, 0.15) is 0 Å². The van der Waals surface area contributed by atoms with Crippen molar-refractivity contribution in [2.45, 2.75) is 13.3 Å². The van der Waals surface area contributed by atoms with Gasteiger partial charge < -0.3 is 15.0 Å². The molecule has 2 rings (SSSR count). The standard InChI is InChI=1S/C14H20N2O/c1-2-16(9-10-17)8-7-12-11-15-14-6-4-3-5-13(12)14/h3-6,11,15,17H,2,7-10H2,1H3. The molecule has 0 saturated carbocycles. The first-order valence-corrected chi connectivity index (χ1v) is 6.23. The fourth-order valence-electron chi connectivity index (χ4n) is 2.19. The maximum atomic E-state index is 8.95. The van der Waals surface area contributed by atoms with Crippen molar-refractivity contribution in [3.05, 3.63) is 36.0 Å². The maximum absolute atomic E-state index is 8.95. The van der Waals surface area contributed by atoms with E-state index in [1.807, 2.05) is 6.07 Å². The summed E-state index contributed by atoms with van der Waals surface area (Å²) in [5, 5.41) is 10.3. The molecule has 0 amide bonds. The maximum Gasteiger partial charge on any atom is 0.0558 e. The molecule has 1 aromatic heterocycles. The van der Waals surface area contributed by atoms with Crippen molar-refractivity contribution in [3.8, 4) is 0 Å². The first-order chi connectivity index (χ1) is 8.35. The molecule has 2 aromatic rings. The van der Waals surface area contributed by atoms with Crippen molar-refractivity contribution < 1.29 is 5.11 Å². The van der Waals surface area contributed by atoms with Crippen LogP contribution in [0.5, 0.6) is 0 Å². The molecule has 92 valence electrons. The number of aliphatic hydroxyl groups is 1. The van der Waals surface area contributed by atoms with Gasteiger partial charge in [-0.1, -0.05) is 25.1 Å². The zero-order valence-corrected chi connectivity index (χ0v) is 10.3. The predicted octanol–water partition coefficient (Wildman–Crippen LogP) is 2.02. The Morgan fingerprint density at radius 1 is 1.24 bits per heavy atom. The molecule has 0 unspecified atom stereocenters. The molecule has 0 saturated heterocycles. The normalized spacial score (nSPS) is 11.5. The van der Waals surface area contributed by atoms with Gasteiger partial charge in [-0.2, -0.15) is 0 Å². The molecule has 0 radical (unpaired) electrons. The van der Waals surface area contributed by atoms with Crippen LogP contribution in [-0.2, 0) is 6.42 Å². The highest BCUT2D eigenvalue weighted by atomic mass is 16.3. The van der Waals surface area contributed by atoms with Crippen LogP contribution in [0.2, 0.25) is 0 Å². The van der Waals surface area contributed by atoms with Crippen molar-refractivity contribution in [3.63, 3.8) is 0 Å². The van der Waals surface area contributed by atoms with E-state index >= 15 is 0 Å². The van der Waals surface area contributed by atoms with Crippen LogP contribution >= 0.6 is 0 Å². The molecule has 1 heterocycles. The van der Waals surface area contributed by atoms with Crippen molar-refractivity contribution in [2.24, 2.45) is 0 Å². The van der Waals surface area contributed by atoms with E-state index in [0.717, 1.165) is 26.1 Å². The van der Waals surface area contributed by atoms with Crippen LogP contribution in [-0.4, -0.2) is 41.2 Å². The Bertz CT molecular complexity index is 464. The number of aromatic amines is 1. The number of H-pyrrole nitrogens is 1. The number of aromatic nitrogens is 1. The van der Waals surface area contributed by atoms with E-state index < -0.39 is 0 Å². The number of nitrogens with one attached hydrogen (secondary N) is 1. The summed E-state index contributed by atoms with van der Waals surface area (Å²) in [6, 6.07) is 8.38. The van der Waals surface area contributed by atoms with Crippen LogP contribution in [0, 0.1) is 0 Å². The zero-order chi connectivity index (χ0) is 12.1. The van der Waals surface area contributed by atoms with Gasteiger partial charge in [-0.05, 0) is 24.6 Å². The van der Waals surface area contributed by atoms with Crippen LogP contribution in [0.1, 0.15) is 12.5 Å². The van der Waals surface area contributed by atoms with E-state index in [-0.39, 0.29) is 6.61 Å². The van der Waals surface area contributed by atoms with Crippen molar-refractivity contribution in [1.82, 2.24) is 9.88 Å². The summed E-state index contributed by atoms with van der Waals surface area (Å²) in [7, 11) is 0. The number of para-hydroxylation sites is 1. The number of hydrogen-bond donors (Lipinski definition) is 2. The van der Waals surface area contributed by atoms with Gasteiger partial charge in [0.25, 0.3) is 0 Å². The molecule has 0 spiro atoms. The second-order valence-electron chi connectivity index (χ2n) is 4.27. The topological polar surface area (TPSA) is 39.3 Å². The number of rotatable bonds is 6. The monoisotopic (exact) mass is 232 g/mol. The van der Waals surface area contributed by atoms with Gasteiger partial charge >= 0.3 is 0 Å². The van der Waals surface area contributed by atoms with Gasteiger partial charge in [-0.3, -0.25) is 0 Å². The summed E-state index contributed by atoms with van der Waals surface area (Å²) in [6.45, 7) is 5.12. The average molecular weight is 232 g/mol. The summed E-state index contributed by atoms with van der Waals surface area (Å²) in [5.74, 6) is 0. The summed E-state index contributed by atoms with van der Waals surface area (Å²) in [4.78, 5) is 5.56. The third kappa shape index (κ3) is 2.87. The average Bonchev–Trinajstić information content (AvgIpc) is 2.78. The Morgan fingerprint density at radius 3 is 2.82 bits per heavy atom. The summed E-state index contributed by atoms with van der Waals surface area (Å²) in [6.07, 6.45) is 3.12. The van der Waals surface area contributed by atoms with Crippen LogP contribution in [0.25, 0.3) is 10.9 Å². The molecule has 3 nitrogen and oxygen atoms in total. The van der Waals surface area contributed by atoms with E-state index in [1.54, 1.807) is 0 Å². The summed E-state index contributed by atoms with van der Waals surface area (Å²) < 4.78 is 0. The summed E-state index contributed by atoms with van der Waals surface area (Å²) in [5.41, 5.74) is 2.56. The lowest BCUT2D eigenvalue weighted by Crippen LogP contribution is -2.28. The van der Waals surface area contributed by atoms with E-state index in [9.17, 15) is 0 Å². The number of aliphatic hydroxyl groups excluding tert-OH is 1. The van der Waals surface area contributed by atoms with Gasteiger partial charge in [0, 0.05) is 30.2 Å². The van der Waals surface area contributed by atoms with Crippen LogP contribution in [0.3, 0.4) is 0 Å². The summed E-state index contributed by atoms with van der Waals surface area (Å²) >= 11 is 0. The minimum atomic E-state index is 0.238. The Morgan fingerprint density at radius 2 is 2.06 bits per heavy atom. The Balaban J connectivity index is 2.03. The third-order valence-electron chi connectivity index (χ3n) is 3.24. The molecular formula is C14H20N2O. The first-order valence-electron chi connectivity index (χ1n) is 6.23. The second kappa shape index (κ2) is 5.84. The van der Waals surface area contributed by atoms with E-state index in [1.165, 1.54) is 16.5 Å². The molecule has 0 aliphatic rings. The molecule has 0 fully saturated rings. The highest BCUT2D eigenvalue weighted by Crippen LogP contribution is 2.18. The van der Waals surface area contributed by atoms with E-state index in [4.69, 9.17) is 5.11 Å². The van der Waals surface area contributed by atoms with Crippen molar-refractivity contribution in [1.29, 1.82) is 0 Å². The van der Waals surface area contributed by atoms with Gasteiger partial charge in [0.05, 0.1) is 6.61 Å². The van der Waals surface area contributed by atoms with Crippen molar-refractivity contribution in [2.75, 3.05) is 26.2 Å². The lowest BCUT2D eigenvalue weighted by molar-refractivity contribution is 0.203. The number of hydrogen-bond acceptors (Lipinski definition) is 2. The van der Waals surface area contributed by atoms with Gasteiger partial charge in [0.2, 0.25) is 0 Å². The largest absolute Gasteiger partial charge is 0.395 e. The smallest absolute Gasteiger partial charge is 0.0558 e. The van der Waals surface area contributed by atoms with Gasteiger partial charge in [0.15, 0.2) is 0 Å². The van der Waals surface area contributed by atoms with Crippen LogP contribution in [0.15, 0.2) is 30.5 Å². The zero-order valence-electron chi connectivity index (χ0n) is 10.3. The molecule has 1 aromatic carbocycles. The fourth-order valence-corrected chi connectivity index (χ4v) is 2.19. The highest BCUT2D eigenvalue weighted by molar-refractivity contribution is 5.83. The number of nitrogens with zero attached hydrogens (tertiary/aromatic N) is 1. The molecule has 0 aliphatic carbocycles. The number of likely N-dealkylation sites (N-methyl/N-ethyl adjacent to an activating group) is 1. The molecule has 0 bridgehead atoms. The Kier molecular flexibility index (Phi) is 4.18. The van der Waals surface area contributed by atoms with Gasteiger partial charge in [-0.15, -0.1) is 0 Å². The molecular weight excluding hydrogens is 212 g/mol. The molecule has 0 aliphatic heterocycles. The SMILES string of the molecule is CCN(CCO)CCc1c[nH]c2ccccc12. The molecule has 3 heteroatoms. The van der Waals surface area contributed by atoms with Crippen molar-refractivity contribution >= 4 is 10.9 Å². The Hall–Kier alpha value is -1.32. The molecule has 17 heavy (non-hydrogen) atoms. The lowest BCUT2D eigenvalue weighted by Gasteiger charge is -2.18. The molecule has 0 atom stereocenters. The lowest BCUT2D eigenvalue weighted by atomic mass is 10.1. The highest BCUT2D eigenvalue weighted by Gasteiger charge is 2.05. The number of benzene rings is 1. The molecule has 2 N–H and O–H groups in total. The Labute approximate surface area is 102 Å². The quantitative estimate of drug-likeness (QED) is 0.800. The predicted molar refractivity (Wildman–Crippen MR) is 71.2 cm³/mol. The second-order valence-corrected chi connectivity index (χ2v) is 4.27. The minimum absolute atomic E-state index is 0.238. The third-order valence-corrected chi connectivity index (χ3v) is 3.24. The minimum Gasteiger partial charge on any atom is -0.395 e. The van der Waals surface area contributed by atoms with E-state index in [2.05, 4.69) is 41.2 Å².